The summed E-state index contributed by atoms with van der Waals surface area (Å²) < 4.78 is 102. The molecule has 23 heteroatoms. The molecular weight excluding hydrogens is 891 g/mol. The van der Waals surface area contributed by atoms with Gasteiger partial charge in [0, 0.05) is 22.5 Å². The second-order valence-electron chi connectivity index (χ2n) is 13.0. The molecule has 0 unspecified atom stereocenters. The number of aryl methyl sites for hydroxylation is 1. The zero-order chi connectivity index (χ0) is 42.4. The van der Waals surface area contributed by atoms with Crippen LogP contribution in [0.2, 0.25) is 0 Å². The van der Waals surface area contributed by atoms with Crippen LogP contribution in [0.15, 0.2) is 122 Å². The molecule has 61 heavy (non-hydrogen) atoms. The van der Waals surface area contributed by atoms with Crippen molar-refractivity contribution in [3.05, 3.63) is 135 Å². The number of benzene rings is 5. The van der Waals surface area contributed by atoms with Crippen LogP contribution in [-0.2, 0) is 30.4 Å². The topological polar surface area (TPSA) is 287 Å². The fourth-order valence-corrected chi connectivity index (χ4v) is 7.95. The zero-order valence-electron chi connectivity index (χ0n) is 32.0. The number of ketones is 2. The Morgan fingerprint density at radius 2 is 1.05 bits per heavy atom. The Kier molecular flexibility index (Phi) is 14.6. The molecule has 0 aliphatic heterocycles. The summed E-state index contributed by atoms with van der Waals surface area (Å²) >= 11 is 0. The van der Waals surface area contributed by atoms with Crippen molar-refractivity contribution in [2.75, 3.05) is 21.5 Å². The Hall–Kier alpha value is -4.24. The van der Waals surface area contributed by atoms with Crippen LogP contribution in [0.4, 0.5) is 27.5 Å². The first-order chi connectivity index (χ1) is 27.8. The summed E-state index contributed by atoms with van der Waals surface area (Å²) in [4.78, 5) is 38.0. The summed E-state index contributed by atoms with van der Waals surface area (Å²) in [6.45, 7) is 1.77. The number of Topliss-reactive ketones (excluding diaryl/α,β-unsaturated/α-hetero) is 2. The molecule has 7 rings (SSSR count). The zero-order valence-corrected chi connectivity index (χ0v) is 39.6. The second-order valence-corrected chi connectivity index (χ2v) is 17.2. The maximum Gasteiger partial charge on any atom is 1.00 e. The van der Waals surface area contributed by atoms with E-state index in [1.54, 1.807) is 31.2 Å². The van der Waals surface area contributed by atoms with Gasteiger partial charge in [-0.25, -0.2) is 4.79 Å². The van der Waals surface area contributed by atoms with Crippen LogP contribution >= 0.6 is 0 Å². The molecule has 5 aromatic rings. The molecule has 300 valence electrons. The number of hydrazone groups is 2. The minimum absolute atomic E-state index is 0. The van der Waals surface area contributed by atoms with E-state index in [-0.39, 0.29) is 125 Å². The van der Waals surface area contributed by atoms with Gasteiger partial charge in [-0.1, -0.05) is 30.3 Å². The monoisotopic (exact) mass is 918 g/mol. The van der Waals surface area contributed by atoms with Gasteiger partial charge in [0.05, 0.1) is 16.3 Å². The van der Waals surface area contributed by atoms with Gasteiger partial charge >= 0.3 is 87.0 Å². The van der Waals surface area contributed by atoms with Gasteiger partial charge in [0.15, 0.2) is 11.4 Å². The quantitative estimate of drug-likeness (QED) is 0.0575. The molecule has 0 atom stereocenters. The number of nitrogens with zero attached hydrogens (tertiary/aromatic N) is 2. The SMILES string of the molecule is Cc1ccccc1N/N=C1/C(=O)c2ccc(NC(=O)Nc3ccc4c(c3)C=C(S(=O)(=O)O)/C(=N\Nc3ccc5cc(S(=O)(=O)O)ccc5c3)C4=O)cc2C=C1S(=O)(=O)O.[K+].[Na+]. The largest absolute Gasteiger partial charge is 1.00 e. The Morgan fingerprint density at radius 3 is 1.56 bits per heavy atom. The van der Waals surface area contributed by atoms with Gasteiger partial charge in [-0.2, -0.15) is 35.5 Å². The summed E-state index contributed by atoms with van der Waals surface area (Å²) in [6.07, 6.45) is 2.02. The first-order valence-corrected chi connectivity index (χ1v) is 21.2. The molecule has 0 bridgehead atoms. The van der Waals surface area contributed by atoms with Crippen molar-refractivity contribution in [2.24, 2.45) is 10.2 Å². The molecule has 2 amide bonds. The van der Waals surface area contributed by atoms with Crippen molar-refractivity contribution in [1.82, 2.24) is 0 Å². The Labute approximate surface area is 412 Å². The third-order valence-corrected chi connectivity index (χ3v) is 11.6. The fraction of sp³-hybridized carbons (Fsp3) is 0.0263. The third-order valence-electron chi connectivity index (χ3n) is 8.97. The number of carbonyl (C=O) groups is 3. The van der Waals surface area contributed by atoms with Crippen LogP contribution in [0.3, 0.4) is 0 Å². The number of hydrogen-bond acceptors (Lipinski definition) is 13. The number of allylic oxidation sites excluding steroid dienone is 2. The van der Waals surface area contributed by atoms with Gasteiger partial charge < -0.3 is 10.6 Å². The maximum atomic E-state index is 13.5. The number of nitrogens with one attached hydrogen (secondary N) is 4. The molecular formula is C38H28KN6NaO12S3+2. The molecule has 0 heterocycles. The molecule has 7 N–H and O–H groups in total. The number of para-hydroxylation sites is 1. The van der Waals surface area contributed by atoms with Gasteiger partial charge in [-0.3, -0.25) is 34.1 Å². The molecule has 18 nitrogen and oxygen atoms in total. The predicted octanol–water partition coefficient (Wildman–Crippen LogP) is -0.167. The van der Waals surface area contributed by atoms with Gasteiger partial charge in [-0.05, 0) is 113 Å². The van der Waals surface area contributed by atoms with Crippen molar-refractivity contribution < 1.29 is 134 Å². The number of amides is 2. The first kappa shape index (κ1) is 47.8. The molecule has 0 radical (unpaired) electrons. The summed E-state index contributed by atoms with van der Waals surface area (Å²) in [5.41, 5.74) is 5.75. The average Bonchev–Trinajstić information content (AvgIpc) is 3.16. The van der Waals surface area contributed by atoms with Crippen molar-refractivity contribution in [2.45, 2.75) is 11.8 Å². The summed E-state index contributed by atoms with van der Waals surface area (Å²) in [5, 5.41) is 13.9. The Bertz CT molecular complexity index is 3170. The minimum Gasteiger partial charge on any atom is -0.308 e. The van der Waals surface area contributed by atoms with Crippen LogP contribution in [-0.4, -0.2) is 67.9 Å². The number of urea groups is 1. The second kappa shape index (κ2) is 18.6. The van der Waals surface area contributed by atoms with Crippen LogP contribution in [0.1, 0.15) is 37.4 Å². The minimum atomic E-state index is -5.03. The number of anilines is 4. The van der Waals surface area contributed by atoms with E-state index in [2.05, 4.69) is 31.7 Å². The number of carbonyl (C=O) groups excluding carboxylic acids is 3. The predicted molar refractivity (Wildman–Crippen MR) is 220 cm³/mol. The van der Waals surface area contributed by atoms with E-state index >= 15 is 0 Å². The molecule has 0 spiro atoms. The molecule has 2 aliphatic carbocycles. The molecule has 0 fully saturated rings. The molecule has 0 saturated carbocycles. The van der Waals surface area contributed by atoms with Crippen LogP contribution < -0.4 is 102 Å². The van der Waals surface area contributed by atoms with Crippen LogP contribution in [0, 0.1) is 6.92 Å². The molecule has 2 aliphatic rings. The number of rotatable bonds is 9. The Morgan fingerprint density at radius 1 is 0.574 bits per heavy atom. The van der Waals surface area contributed by atoms with Gasteiger partial charge in [0.25, 0.3) is 30.4 Å². The van der Waals surface area contributed by atoms with Gasteiger partial charge in [0.1, 0.15) is 9.81 Å². The van der Waals surface area contributed by atoms with Gasteiger partial charge in [0.2, 0.25) is 11.6 Å². The maximum absolute atomic E-state index is 13.5. The number of fused-ring (bicyclic) bond motifs is 3. The third kappa shape index (κ3) is 10.7. The fourth-order valence-electron chi connectivity index (χ4n) is 6.12. The normalized spacial score (nSPS) is 15.1. The smallest absolute Gasteiger partial charge is 0.308 e. The summed E-state index contributed by atoms with van der Waals surface area (Å²) in [5.74, 6) is -1.71. The van der Waals surface area contributed by atoms with E-state index in [0.717, 1.165) is 17.7 Å². The number of hydrogen-bond donors (Lipinski definition) is 7. The van der Waals surface area contributed by atoms with E-state index < -0.39 is 69.2 Å². The van der Waals surface area contributed by atoms with Crippen LogP contribution in [0.5, 0.6) is 0 Å². The summed E-state index contributed by atoms with van der Waals surface area (Å²) in [7, 11) is -14.4. The van der Waals surface area contributed by atoms with Crippen LogP contribution in [0.25, 0.3) is 22.9 Å². The Balaban J connectivity index is 0.00000352. The van der Waals surface area contributed by atoms with Crippen molar-refractivity contribution in [1.29, 1.82) is 0 Å². The molecule has 0 aromatic heterocycles. The molecule has 5 aromatic carbocycles. The average molecular weight is 919 g/mol. The van der Waals surface area contributed by atoms with Crippen molar-refractivity contribution >= 4 is 105 Å². The first-order valence-electron chi connectivity index (χ1n) is 16.9. The van der Waals surface area contributed by atoms with Gasteiger partial charge in [-0.15, -0.1) is 0 Å². The van der Waals surface area contributed by atoms with Crippen molar-refractivity contribution in [3.8, 4) is 0 Å². The van der Waals surface area contributed by atoms with Crippen molar-refractivity contribution in [3.63, 3.8) is 0 Å². The standard InChI is InChI=1S/C38H28N6O12S3.K.Na/c1-20-4-2-3-5-31(20)42-44-35-33(59(54,55)56)19-24-16-26(10-13-30(24)37(35)46)40-38(47)39-25-9-12-29-23(15-25)18-32(58(51,52)53)34(36(29)45)43-41-27-8-6-22-17-28(57(48,49)50)11-7-21(22)14-27;;/h2-19,41-42H,1H3,(H2,39,40,47)(H,48,49,50)(H,51,52,53)(H,54,55,56);;/q;2*+1/b43-34+,44-35+;;. The summed E-state index contributed by atoms with van der Waals surface area (Å²) in [6, 6.07) is 22.3. The molecule has 0 saturated heterocycles. The van der Waals surface area contributed by atoms with E-state index in [1.807, 2.05) is 0 Å². The van der Waals surface area contributed by atoms with E-state index in [0.29, 0.717) is 16.5 Å². The van der Waals surface area contributed by atoms with E-state index in [4.69, 9.17) is 0 Å². The van der Waals surface area contributed by atoms with E-state index in [1.165, 1.54) is 72.8 Å². The van der Waals surface area contributed by atoms with E-state index in [9.17, 15) is 53.3 Å².